The lowest BCUT2D eigenvalue weighted by molar-refractivity contribution is -0.138. The minimum Gasteiger partial charge on any atom is -0.481 e. The molecule has 7 nitrogen and oxygen atoms in total. The molecule has 1 aliphatic heterocycles. The van der Waals surface area contributed by atoms with E-state index in [0.29, 0.717) is 25.9 Å². The topological polar surface area (TPSA) is 87.2 Å². The third-order valence-corrected chi connectivity index (χ3v) is 5.66. The molecule has 1 rings (SSSR count). The fourth-order valence-corrected chi connectivity index (χ4v) is 3.56. The zero-order valence-electron chi connectivity index (χ0n) is 12.3. The molecule has 0 aliphatic carbocycles. The fraction of sp³-hybridized carbons (Fsp3) is 0.917. The van der Waals surface area contributed by atoms with Crippen LogP contribution in [-0.4, -0.2) is 67.0 Å². The van der Waals surface area contributed by atoms with E-state index >= 15 is 0 Å². The summed E-state index contributed by atoms with van der Waals surface area (Å²) in [5.41, 5.74) is 0. The Kier molecular flexibility index (Phi) is 6.38. The fourth-order valence-electron chi connectivity index (χ4n) is 1.99. The second-order valence-corrected chi connectivity index (χ2v) is 7.22. The largest absolute Gasteiger partial charge is 0.481 e. The van der Waals surface area contributed by atoms with Crippen molar-refractivity contribution in [3.05, 3.63) is 0 Å². The number of piperidine rings is 1. The molecule has 0 aromatic carbocycles. The van der Waals surface area contributed by atoms with Crippen molar-refractivity contribution in [2.45, 2.75) is 45.3 Å². The highest BCUT2D eigenvalue weighted by molar-refractivity contribution is 7.86. The van der Waals surface area contributed by atoms with Crippen LogP contribution in [0, 0.1) is 0 Å². The van der Waals surface area contributed by atoms with E-state index in [-0.39, 0.29) is 25.2 Å². The Balaban J connectivity index is 2.44. The molecule has 0 unspecified atom stereocenters. The standard InChI is InChI=1S/C12H24N2O5S/c1-10(2)13(3)20(17,18)14-7-4-11(5-8-14)19-9-6-12(15)16/h10-11H,4-9H2,1-3H3,(H,15,16). The van der Waals surface area contributed by atoms with Crippen molar-refractivity contribution >= 4 is 16.2 Å². The van der Waals surface area contributed by atoms with Gasteiger partial charge in [0.25, 0.3) is 10.2 Å². The lowest BCUT2D eigenvalue weighted by atomic mass is 10.1. The zero-order valence-corrected chi connectivity index (χ0v) is 13.1. The van der Waals surface area contributed by atoms with Gasteiger partial charge in [-0.15, -0.1) is 0 Å². The number of nitrogens with zero attached hydrogens (tertiary/aromatic N) is 2. The smallest absolute Gasteiger partial charge is 0.305 e. The Morgan fingerprint density at radius 1 is 1.40 bits per heavy atom. The number of aliphatic carboxylic acids is 1. The summed E-state index contributed by atoms with van der Waals surface area (Å²) in [5.74, 6) is -0.886. The van der Waals surface area contributed by atoms with Crippen molar-refractivity contribution < 1.29 is 23.1 Å². The van der Waals surface area contributed by atoms with Crippen LogP contribution in [0.25, 0.3) is 0 Å². The van der Waals surface area contributed by atoms with E-state index in [1.165, 1.54) is 8.61 Å². The zero-order chi connectivity index (χ0) is 15.3. The van der Waals surface area contributed by atoms with Gasteiger partial charge in [0.2, 0.25) is 0 Å². The lowest BCUT2D eigenvalue weighted by Gasteiger charge is -2.34. The molecule has 0 aromatic rings. The molecule has 1 N–H and O–H groups in total. The quantitative estimate of drug-likeness (QED) is 0.741. The summed E-state index contributed by atoms with van der Waals surface area (Å²) in [6.07, 6.45) is 1.13. The third-order valence-electron chi connectivity index (χ3n) is 3.49. The molecular formula is C12H24N2O5S. The molecule has 0 atom stereocenters. The normalized spacial score (nSPS) is 18.9. The molecular weight excluding hydrogens is 284 g/mol. The second kappa shape index (κ2) is 7.35. The van der Waals surface area contributed by atoms with Crippen LogP contribution >= 0.6 is 0 Å². The number of ether oxygens (including phenoxy) is 1. The first-order chi connectivity index (χ1) is 9.25. The van der Waals surface area contributed by atoms with Crippen LogP contribution in [0.4, 0.5) is 0 Å². The molecule has 0 amide bonds. The molecule has 1 heterocycles. The summed E-state index contributed by atoms with van der Waals surface area (Å²) < 4.78 is 32.8. The predicted octanol–water partition coefficient (Wildman–Crippen LogP) is 0.527. The predicted molar refractivity (Wildman–Crippen MR) is 74.6 cm³/mol. The van der Waals surface area contributed by atoms with E-state index in [0.717, 1.165) is 0 Å². The number of hydrogen-bond donors (Lipinski definition) is 1. The summed E-state index contributed by atoms with van der Waals surface area (Å²) in [6, 6.07) is -0.0791. The summed E-state index contributed by atoms with van der Waals surface area (Å²) in [4.78, 5) is 10.4. The van der Waals surface area contributed by atoms with Gasteiger partial charge in [-0.25, -0.2) is 0 Å². The summed E-state index contributed by atoms with van der Waals surface area (Å²) in [6.45, 7) is 4.67. The van der Waals surface area contributed by atoms with Crippen LogP contribution in [0.5, 0.6) is 0 Å². The number of hydrogen-bond acceptors (Lipinski definition) is 4. The number of carbonyl (C=O) groups is 1. The minimum absolute atomic E-state index is 0.0192. The summed E-state index contributed by atoms with van der Waals surface area (Å²) >= 11 is 0. The number of carboxylic acids is 1. The molecule has 8 heteroatoms. The van der Waals surface area contributed by atoms with Crippen molar-refractivity contribution in [2.24, 2.45) is 0 Å². The molecule has 0 aromatic heterocycles. The van der Waals surface area contributed by atoms with Gasteiger partial charge in [0.15, 0.2) is 0 Å². The molecule has 0 bridgehead atoms. The molecule has 1 saturated heterocycles. The monoisotopic (exact) mass is 308 g/mol. The second-order valence-electron chi connectivity index (χ2n) is 5.23. The first kappa shape index (κ1) is 17.4. The molecule has 118 valence electrons. The van der Waals surface area contributed by atoms with E-state index in [9.17, 15) is 13.2 Å². The molecule has 1 fully saturated rings. The van der Waals surface area contributed by atoms with Crippen LogP contribution in [0.2, 0.25) is 0 Å². The molecule has 0 spiro atoms. The first-order valence-electron chi connectivity index (χ1n) is 6.81. The van der Waals surface area contributed by atoms with Gasteiger partial charge >= 0.3 is 5.97 Å². The van der Waals surface area contributed by atoms with Crippen LogP contribution in [0.3, 0.4) is 0 Å². The summed E-state index contributed by atoms with van der Waals surface area (Å²) in [7, 11) is -1.82. The van der Waals surface area contributed by atoms with Crippen LogP contribution < -0.4 is 0 Å². The third kappa shape index (κ3) is 4.69. The SMILES string of the molecule is CC(C)N(C)S(=O)(=O)N1CCC(OCCC(=O)O)CC1. The maximum absolute atomic E-state index is 12.3. The van der Waals surface area contributed by atoms with Gasteiger partial charge in [-0.3, -0.25) is 4.79 Å². The van der Waals surface area contributed by atoms with Crippen LogP contribution in [-0.2, 0) is 19.7 Å². The molecule has 20 heavy (non-hydrogen) atoms. The average Bonchev–Trinajstić information content (AvgIpc) is 2.37. The van der Waals surface area contributed by atoms with Gasteiger partial charge in [0.05, 0.1) is 19.1 Å². The van der Waals surface area contributed by atoms with Gasteiger partial charge in [0.1, 0.15) is 0 Å². The molecule has 1 aliphatic rings. The average molecular weight is 308 g/mol. The van der Waals surface area contributed by atoms with E-state index in [2.05, 4.69) is 0 Å². The highest BCUT2D eigenvalue weighted by atomic mass is 32.2. The van der Waals surface area contributed by atoms with Gasteiger partial charge in [-0.05, 0) is 26.7 Å². The van der Waals surface area contributed by atoms with Gasteiger partial charge in [-0.1, -0.05) is 0 Å². The van der Waals surface area contributed by atoms with Gasteiger partial charge < -0.3 is 9.84 Å². The Labute approximate surface area is 120 Å². The molecule has 0 saturated carbocycles. The Morgan fingerprint density at radius 2 is 1.95 bits per heavy atom. The Bertz CT molecular complexity index is 416. The van der Waals surface area contributed by atoms with Crippen LogP contribution in [0.1, 0.15) is 33.1 Å². The highest BCUT2D eigenvalue weighted by Gasteiger charge is 2.32. The van der Waals surface area contributed by atoms with E-state index in [1.807, 2.05) is 13.8 Å². The van der Waals surface area contributed by atoms with Gasteiger partial charge in [0, 0.05) is 26.2 Å². The maximum Gasteiger partial charge on any atom is 0.305 e. The first-order valence-corrected chi connectivity index (χ1v) is 8.21. The maximum atomic E-state index is 12.3. The van der Waals surface area contributed by atoms with Crippen molar-refractivity contribution in [3.63, 3.8) is 0 Å². The van der Waals surface area contributed by atoms with E-state index < -0.39 is 16.2 Å². The highest BCUT2D eigenvalue weighted by Crippen LogP contribution is 2.19. The van der Waals surface area contributed by atoms with Crippen molar-refractivity contribution in [3.8, 4) is 0 Å². The van der Waals surface area contributed by atoms with Crippen LogP contribution in [0.15, 0.2) is 0 Å². The van der Waals surface area contributed by atoms with E-state index in [4.69, 9.17) is 9.84 Å². The number of rotatable bonds is 7. The van der Waals surface area contributed by atoms with Crippen molar-refractivity contribution in [2.75, 3.05) is 26.7 Å². The van der Waals surface area contributed by atoms with Gasteiger partial charge in [-0.2, -0.15) is 17.0 Å². The van der Waals surface area contributed by atoms with Crippen molar-refractivity contribution in [1.29, 1.82) is 0 Å². The molecule has 0 radical (unpaired) electrons. The lowest BCUT2D eigenvalue weighted by Crippen LogP contribution is -2.48. The van der Waals surface area contributed by atoms with E-state index in [1.54, 1.807) is 7.05 Å². The minimum atomic E-state index is -3.40. The Morgan fingerprint density at radius 3 is 2.40 bits per heavy atom. The number of carboxylic acid groups (broad SMARTS) is 1. The van der Waals surface area contributed by atoms with Crippen molar-refractivity contribution in [1.82, 2.24) is 8.61 Å². The summed E-state index contributed by atoms with van der Waals surface area (Å²) in [5, 5.41) is 8.53. The Hall–Kier alpha value is -0.700.